The summed E-state index contributed by atoms with van der Waals surface area (Å²) in [6.45, 7) is 2.61. The molecule has 1 atom stereocenters. The van der Waals surface area contributed by atoms with Gasteiger partial charge >= 0.3 is 0 Å². The Kier molecular flexibility index (Phi) is 5.19. The third kappa shape index (κ3) is 4.39. The Morgan fingerprint density at radius 3 is 2.40 bits per heavy atom. The maximum atomic E-state index is 11.9. The van der Waals surface area contributed by atoms with Crippen molar-refractivity contribution in [1.29, 1.82) is 0 Å². The van der Waals surface area contributed by atoms with Gasteiger partial charge in [-0.05, 0) is 29.2 Å². The lowest BCUT2D eigenvalue weighted by Crippen LogP contribution is -2.24. The van der Waals surface area contributed by atoms with Crippen LogP contribution in [0.5, 0.6) is 0 Å². The summed E-state index contributed by atoms with van der Waals surface area (Å²) in [6, 6.07) is 17.6. The fourth-order valence-corrected chi connectivity index (χ4v) is 2.18. The zero-order valence-electron chi connectivity index (χ0n) is 11.5. The van der Waals surface area contributed by atoms with Gasteiger partial charge in [0.2, 0.25) is 5.91 Å². The zero-order valence-corrected chi connectivity index (χ0v) is 12.2. The van der Waals surface area contributed by atoms with E-state index >= 15 is 0 Å². The minimum absolute atomic E-state index is 0.0660. The lowest BCUT2D eigenvalue weighted by molar-refractivity contribution is -0.121. The lowest BCUT2D eigenvalue weighted by Gasteiger charge is -2.12. The number of halogens is 1. The van der Waals surface area contributed by atoms with Gasteiger partial charge in [-0.1, -0.05) is 61.0 Å². The zero-order chi connectivity index (χ0) is 14.4. The molecule has 104 valence electrons. The molecule has 0 fully saturated rings. The molecule has 0 radical (unpaired) electrons. The first-order valence-electron chi connectivity index (χ1n) is 6.71. The smallest absolute Gasteiger partial charge is 0.220 e. The first-order valence-corrected chi connectivity index (χ1v) is 7.09. The molecule has 2 aromatic carbocycles. The molecule has 0 heterocycles. The standard InChI is InChI=1S/C17H18ClNO/c1-13(15-5-3-2-4-6-15)11-17(20)19-12-14-7-9-16(18)10-8-14/h2-10,13H,11-12H2,1H3,(H,19,20)/t13-/m1/s1. The van der Waals surface area contributed by atoms with Gasteiger partial charge in [-0.15, -0.1) is 0 Å². The van der Waals surface area contributed by atoms with Gasteiger partial charge in [-0.3, -0.25) is 4.79 Å². The van der Waals surface area contributed by atoms with Crippen LogP contribution in [0.2, 0.25) is 5.02 Å². The molecule has 2 rings (SSSR count). The van der Waals surface area contributed by atoms with Crippen LogP contribution in [0.3, 0.4) is 0 Å². The van der Waals surface area contributed by atoms with Crippen LogP contribution in [0.1, 0.15) is 30.4 Å². The van der Waals surface area contributed by atoms with E-state index in [9.17, 15) is 4.79 Å². The van der Waals surface area contributed by atoms with Gasteiger partial charge in [0.15, 0.2) is 0 Å². The number of rotatable bonds is 5. The molecular formula is C17H18ClNO. The summed E-state index contributed by atoms with van der Waals surface area (Å²) in [5.41, 5.74) is 2.24. The molecule has 1 N–H and O–H groups in total. The van der Waals surface area contributed by atoms with Gasteiger partial charge in [-0.25, -0.2) is 0 Å². The van der Waals surface area contributed by atoms with Crippen molar-refractivity contribution >= 4 is 17.5 Å². The average molecular weight is 288 g/mol. The number of amides is 1. The number of carbonyl (C=O) groups excluding carboxylic acids is 1. The molecule has 1 amide bonds. The molecule has 3 heteroatoms. The summed E-state index contributed by atoms with van der Waals surface area (Å²) in [5.74, 6) is 0.290. The quantitative estimate of drug-likeness (QED) is 0.879. The molecule has 0 spiro atoms. The Hall–Kier alpha value is -1.80. The fraction of sp³-hybridized carbons (Fsp3) is 0.235. The highest BCUT2D eigenvalue weighted by molar-refractivity contribution is 6.30. The third-order valence-corrected chi connectivity index (χ3v) is 3.52. The number of hydrogen-bond acceptors (Lipinski definition) is 1. The van der Waals surface area contributed by atoms with Crippen molar-refractivity contribution in [1.82, 2.24) is 5.32 Å². The summed E-state index contributed by atoms with van der Waals surface area (Å²) in [7, 11) is 0. The van der Waals surface area contributed by atoms with Crippen molar-refractivity contribution in [3.63, 3.8) is 0 Å². The van der Waals surface area contributed by atoms with Gasteiger partial charge in [0, 0.05) is 18.0 Å². The van der Waals surface area contributed by atoms with Gasteiger partial charge in [-0.2, -0.15) is 0 Å². The van der Waals surface area contributed by atoms with Gasteiger partial charge in [0.1, 0.15) is 0 Å². The molecule has 0 aliphatic carbocycles. The summed E-state index contributed by atoms with van der Waals surface area (Å²) in [5, 5.41) is 3.64. The first-order chi connectivity index (χ1) is 9.65. The highest BCUT2D eigenvalue weighted by Crippen LogP contribution is 2.18. The second-order valence-electron chi connectivity index (χ2n) is 4.92. The molecule has 0 aliphatic rings. The predicted molar refractivity (Wildman–Crippen MR) is 82.8 cm³/mol. The highest BCUT2D eigenvalue weighted by Gasteiger charge is 2.10. The SMILES string of the molecule is C[C@H](CC(=O)NCc1ccc(Cl)cc1)c1ccccc1. The van der Waals surface area contributed by atoms with Crippen LogP contribution in [0, 0.1) is 0 Å². The second-order valence-corrected chi connectivity index (χ2v) is 5.36. The van der Waals surface area contributed by atoms with E-state index in [-0.39, 0.29) is 11.8 Å². The van der Waals surface area contributed by atoms with Crippen LogP contribution in [-0.2, 0) is 11.3 Å². The van der Waals surface area contributed by atoms with E-state index in [2.05, 4.69) is 24.4 Å². The van der Waals surface area contributed by atoms with Crippen molar-refractivity contribution in [2.24, 2.45) is 0 Å². The average Bonchev–Trinajstić information content (AvgIpc) is 2.47. The van der Waals surface area contributed by atoms with Gasteiger partial charge in [0.25, 0.3) is 0 Å². The Balaban J connectivity index is 1.82. The van der Waals surface area contributed by atoms with Crippen molar-refractivity contribution in [2.45, 2.75) is 25.8 Å². The van der Waals surface area contributed by atoms with Gasteiger partial charge < -0.3 is 5.32 Å². The normalized spacial score (nSPS) is 11.9. The minimum Gasteiger partial charge on any atom is -0.352 e. The molecule has 0 saturated carbocycles. The van der Waals surface area contributed by atoms with Crippen LogP contribution < -0.4 is 5.32 Å². The molecule has 20 heavy (non-hydrogen) atoms. The summed E-state index contributed by atoms with van der Waals surface area (Å²) < 4.78 is 0. The maximum absolute atomic E-state index is 11.9. The van der Waals surface area contributed by atoms with Crippen molar-refractivity contribution in [3.05, 3.63) is 70.7 Å². The van der Waals surface area contributed by atoms with Gasteiger partial charge in [0.05, 0.1) is 0 Å². The Morgan fingerprint density at radius 1 is 1.10 bits per heavy atom. The number of hydrogen-bond donors (Lipinski definition) is 1. The molecule has 0 unspecified atom stereocenters. The largest absolute Gasteiger partial charge is 0.352 e. The Morgan fingerprint density at radius 2 is 1.75 bits per heavy atom. The van der Waals surface area contributed by atoms with E-state index in [0.29, 0.717) is 18.0 Å². The first kappa shape index (κ1) is 14.6. The number of nitrogens with one attached hydrogen (secondary N) is 1. The molecule has 0 aromatic heterocycles. The fourth-order valence-electron chi connectivity index (χ4n) is 2.05. The molecule has 0 bridgehead atoms. The third-order valence-electron chi connectivity index (χ3n) is 3.26. The lowest BCUT2D eigenvalue weighted by atomic mass is 9.97. The van der Waals surface area contributed by atoms with Crippen LogP contribution in [-0.4, -0.2) is 5.91 Å². The molecule has 0 saturated heterocycles. The number of carbonyl (C=O) groups is 1. The molecule has 0 aliphatic heterocycles. The van der Waals surface area contributed by atoms with E-state index in [1.54, 1.807) is 0 Å². The molecule has 2 aromatic rings. The second kappa shape index (κ2) is 7.11. The monoisotopic (exact) mass is 287 g/mol. The Labute approximate surface area is 124 Å². The van der Waals surface area contributed by atoms with E-state index in [1.165, 1.54) is 5.56 Å². The van der Waals surface area contributed by atoms with Crippen molar-refractivity contribution in [2.75, 3.05) is 0 Å². The topological polar surface area (TPSA) is 29.1 Å². The summed E-state index contributed by atoms with van der Waals surface area (Å²) in [4.78, 5) is 11.9. The van der Waals surface area contributed by atoms with E-state index in [1.807, 2.05) is 42.5 Å². The van der Waals surface area contributed by atoms with E-state index in [4.69, 9.17) is 11.6 Å². The summed E-state index contributed by atoms with van der Waals surface area (Å²) >= 11 is 5.82. The Bertz CT molecular complexity index is 551. The minimum atomic E-state index is 0.0660. The van der Waals surface area contributed by atoms with Crippen molar-refractivity contribution in [3.8, 4) is 0 Å². The van der Waals surface area contributed by atoms with Crippen LogP contribution in [0.4, 0.5) is 0 Å². The van der Waals surface area contributed by atoms with Crippen LogP contribution in [0.25, 0.3) is 0 Å². The van der Waals surface area contributed by atoms with E-state index < -0.39 is 0 Å². The maximum Gasteiger partial charge on any atom is 0.220 e. The highest BCUT2D eigenvalue weighted by atomic mass is 35.5. The van der Waals surface area contributed by atoms with Crippen LogP contribution >= 0.6 is 11.6 Å². The predicted octanol–water partition coefficient (Wildman–Crippen LogP) is 4.15. The summed E-state index contributed by atoms with van der Waals surface area (Å²) in [6.07, 6.45) is 0.498. The molecular weight excluding hydrogens is 270 g/mol. The van der Waals surface area contributed by atoms with Crippen molar-refractivity contribution < 1.29 is 4.79 Å². The van der Waals surface area contributed by atoms with Crippen LogP contribution in [0.15, 0.2) is 54.6 Å². The number of benzene rings is 2. The molecule has 2 nitrogen and oxygen atoms in total. The van der Waals surface area contributed by atoms with E-state index in [0.717, 1.165) is 5.56 Å².